The minimum atomic E-state index is -0.380. The summed E-state index contributed by atoms with van der Waals surface area (Å²) in [6.45, 7) is 8.27. The van der Waals surface area contributed by atoms with Gasteiger partial charge in [0.05, 0.1) is 22.6 Å². The molecule has 0 amide bonds. The van der Waals surface area contributed by atoms with Gasteiger partial charge in [-0.15, -0.1) is 0 Å². The van der Waals surface area contributed by atoms with Crippen LogP contribution in [0.5, 0.6) is 0 Å². The first-order valence-electron chi connectivity index (χ1n) is 13.0. The summed E-state index contributed by atoms with van der Waals surface area (Å²) in [4.78, 5) is 17.1. The van der Waals surface area contributed by atoms with Crippen molar-refractivity contribution in [3.63, 3.8) is 0 Å². The lowest BCUT2D eigenvalue weighted by atomic mass is 9.79. The normalized spacial score (nSPS) is 15.3. The molecule has 5 aromatic rings. The molecule has 0 atom stereocenters. The van der Waals surface area contributed by atoms with Crippen molar-refractivity contribution in [1.82, 2.24) is 19.9 Å². The predicted octanol–water partition coefficient (Wildman–Crippen LogP) is 6.25. The van der Waals surface area contributed by atoms with Crippen LogP contribution >= 0.6 is 0 Å². The van der Waals surface area contributed by atoms with Crippen molar-refractivity contribution >= 4 is 12.6 Å². The molecule has 6 nitrogen and oxygen atoms in total. The zero-order chi connectivity index (χ0) is 27.3. The Labute approximate surface area is 230 Å². The van der Waals surface area contributed by atoms with Gasteiger partial charge in [-0.2, -0.15) is 0 Å². The molecule has 1 saturated heterocycles. The maximum absolute atomic E-state index is 6.20. The van der Waals surface area contributed by atoms with Gasteiger partial charge >= 0.3 is 7.12 Å². The van der Waals surface area contributed by atoms with Crippen LogP contribution in [0.25, 0.3) is 33.9 Å². The third kappa shape index (κ3) is 6.11. The summed E-state index contributed by atoms with van der Waals surface area (Å²) < 4.78 is 12.4. The quantitative estimate of drug-likeness (QED) is 0.264. The highest BCUT2D eigenvalue weighted by molar-refractivity contribution is 6.62. The fourth-order valence-electron chi connectivity index (χ4n) is 4.11. The molecule has 3 aromatic carbocycles. The molecule has 0 saturated carbocycles. The molecule has 0 spiro atoms. The van der Waals surface area contributed by atoms with Crippen LogP contribution in [0.1, 0.15) is 27.7 Å². The summed E-state index contributed by atoms with van der Waals surface area (Å²) in [6, 6.07) is 32.4. The second kappa shape index (κ2) is 11.3. The molecule has 0 N–H and O–H groups in total. The van der Waals surface area contributed by atoms with Gasteiger partial charge in [0.1, 0.15) is 6.33 Å². The fraction of sp³-hybridized carbons (Fsp3) is 0.188. The van der Waals surface area contributed by atoms with E-state index in [1.54, 1.807) is 18.5 Å². The van der Waals surface area contributed by atoms with Crippen molar-refractivity contribution in [1.29, 1.82) is 0 Å². The number of benzene rings is 3. The summed E-state index contributed by atoms with van der Waals surface area (Å²) in [5.41, 5.74) is 5.12. The number of nitrogens with zero attached hydrogens (tertiary/aromatic N) is 4. The van der Waals surface area contributed by atoms with E-state index in [2.05, 4.69) is 74.1 Å². The van der Waals surface area contributed by atoms with Crippen molar-refractivity contribution in [3.05, 3.63) is 116 Å². The molecule has 1 aliphatic heterocycles. The summed E-state index contributed by atoms with van der Waals surface area (Å²) in [5.74, 6) is 0.710. The van der Waals surface area contributed by atoms with Crippen LogP contribution in [0, 0.1) is 0 Å². The molecule has 0 bridgehead atoms. The molecule has 1 fully saturated rings. The molecule has 1 aliphatic rings. The summed E-state index contributed by atoms with van der Waals surface area (Å²) >= 11 is 0. The van der Waals surface area contributed by atoms with Crippen LogP contribution in [0.2, 0.25) is 0 Å². The molecule has 7 heteroatoms. The smallest absolute Gasteiger partial charge is 0.399 e. The van der Waals surface area contributed by atoms with Gasteiger partial charge in [-0.1, -0.05) is 84.9 Å². The van der Waals surface area contributed by atoms with Gasteiger partial charge < -0.3 is 9.31 Å². The van der Waals surface area contributed by atoms with Crippen molar-refractivity contribution < 1.29 is 9.31 Å². The van der Waals surface area contributed by atoms with Crippen molar-refractivity contribution in [3.8, 4) is 33.9 Å². The average Bonchev–Trinajstić information content (AvgIpc) is 3.21. The molecule has 194 valence electrons. The minimum absolute atomic E-state index is 0.363. The molecule has 0 unspecified atom stereocenters. The van der Waals surface area contributed by atoms with Crippen LogP contribution in [0.4, 0.5) is 0 Å². The predicted molar refractivity (Wildman–Crippen MR) is 156 cm³/mol. The number of hydrogen-bond acceptors (Lipinski definition) is 6. The molecule has 0 radical (unpaired) electrons. The van der Waals surface area contributed by atoms with E-state index >= 15 is 0 Å². The van der Waals surface area contributed by atoms with Crippen LogP contribution in [-0.2, 0) is 9.31 Å². The van der Waals surface area contributed by atoms with E-state index in [1.807, 2.05) is 54.6 Å². The second-order valence-corrected chi connectivity index (χ2v) is 10.3. The number of rotatable bonds is 4. The van der Waals surface area contributed by atoms with Crippen LogP contribution < -0.4 is 5.46 Å². The van der Waals surface area contributed by atoms with E-state index in [-0.39, 0.29) is 18.3 Å². The van der Waals surface area contributed by atoms with Crippen molar-refractivity contribution in [2.24, 2.45) is 0 Å². The van der Waals surface area contributed by atoms with E-state index in [0.29, 0.717) is 5.82 Å². The molecule has 3 heterocycles. The SMILES string of the molecule is CC1(C)OB(c2ccc(-c3cc(-c4ccccc4)nc(-c4ccccc4)n3)cc2)OC1(C)C.c1cncnc1. The summed E-state index contributed by atoms with van der Waals surface area (Å²) in [6.07, 6.45) is 4.88. The molecular formula is C32H31BN4O2. The molecule has 6 rings (SSSR count). The summed E-state index contributed by atoms with van der Waals surface area (Å²) in [7, 11) is -0.380. The first-order chi connectivity index (χ1) is 18.8. The Balaban J connectivity index is 0.000000455. The maximum atomic E-state index is 6.20. The van der Waals surface area contributed by atoms with Gasteiger partial charge in [0.2, 0.25) is 0 Å². The van der Waals surface area contributed by atoms with Crippen molar-refractivity contribution in [2.75, 3.05) is 0 Å². The van der Waals surface area contributed by atoms with Gasteiger partial charge in [-0.3, -0.25) is 0 Å². The maximum Gasteiger partial charge on any atom is 0.494 e. The van der Waals surface area contributed by atoms with E-state index in [1.165, 1.54) is 6.33 Å². The van der Waals surface area contributed by atoms with Crippen LogP contribution in [0.3, 0.4) is 0 Å². The van der Waals surface area contributed by atoms with Gasteiger partial charge in [0.25, 0.3) is 0 Å². The second-order valence-electron chi connectivity index (χ2n) is 10.3. The van der Waals surface area contributed by atoms with Gasteiger partial charge in [0.15, 0.2) is 5.82 Å². The van der Waals surface area contributed by atoms with Crippen LogP contribution in [-0.4, -0.2) is 38.3 Å². The molecule has 0 aliphatic carbocycles. The Morgan fingerprint density at radius 1 is 0.564 bits per heavy atom. The summed E-state index contributed by atoms with van der Waals surface area (Å²) in [5, 5.41) is 0. The lowest BCUT2D eigenvalue weighted by molar-refractivity contribution is 0.00578. The molecular weight excluding hydrogens is 483 g/mol. The van der Waals surface area contributed by atoms with Crippen molar-refractivity contribution in [2.45, 2.75) is 38.9 Å². The topological polar surface area (TPSA) is 70.0 Å². The average molecular weight is 514 g/mol. The fourth-order valence-corrected chi connectivity index (χ4v) is 4.11. The van der Waals surface area contributed by atoms with E-state index < -0.39 is 0 Å². The first kappa shape index (κ1) is 26.4. The first-order valence-corrected chi connectivity index (χ1v) is 13.0. The highest BCUT2D eigenvalue weighted by Gasteiger charge is 2.51. The van der Waals surface area contributed by atoms with Gasteiger partial charge in [0, 0.05) is 29.1 Å². The zero-order valence-electron chi connectivity index (χ0n) is 22.7. The monoisotopic (exact) mass is 514 g/mol. The van der Waals surface area contributed by atoms with E-state index in [9.17, 15) is 0 Å². The molecule has 39 heavy (non-hydrogen) atoms. The van der Waals surface area contributed by atoms with Gasteiger partial charge in [-0.05, 0) is 45.3 Å². The highest BCUT2D eigenvalue weighted by atomic mass is 16.7. The number of hydrogen-bond donors (Lipinski definition) is 0. The van der Waals surface area contributed by atoms with E-state index in [4.69, 9.17) is 19.3 Å². The standard InChI is InChI=1S/C28H27BN2O2.C4H4N2/c1-27(2)28(3,4)33-29(32-27)23-17-15-21(16-18-23)25-19-24(20-11-7-5-8-12-20)30-26(31-25)22-13-9-6-10-14-22;1-2-5-4-6-3-1/h5-19H,1-4H3;1-4H. The Morgan fingerprint density at radius 3 is 1.51 bits per heavy atom. The minimum Gasteiger partial charge on any atom is -0.399 e. The Hall–Kier alpha value is -4.20. The Morgan fingerprint density at radius 2 is 1.05 bits per heavy atom. The third-order valence-electron chi connectivity index (χ3n) is 7.04. The lowest BCUT2D eigenvalue weighted by Gasteiger charge is -2.32. The van der Waals surface area contributed by atoms with E-state index in [0.717, 1.165) is 33.5 Å². The van der Waals surface area contributed by atoms with Gasteiger partial charge in [-0.25, -0.2) is 19.9 Å². The Kier molecular flexibility index (Phi) is 7.64. The van der Waals surface area contributed by atoms with Crippen LogP contribution in [0.15, 0.2) is 116 Å². The third-order valence-corrected chi connectivity index (χ3v) is 7.04. The zero-order valence-corrected chi connectivity index (χ0v) is 22.7. The Bertz CT molecular complexity index is 1400. The molecule has 2 aromatic heterocycles. The lowest BCUT2D eigenvalue weighted by Crippen LogP contribution is -2.41. The highest BCUT2D eigenvalue weighted by Crippen LogP contribution is 2.36. The largest absolute Gasteiger partial charge is 0.494 e. The number of aromatic nitrogens is 4.